The molecule has 0 fully saturated rings. The van der Waals surface area contributed by atoms with Crippen LogP contribution in [0.15, 0.2) is 24.3 Å². The van der Waals surface area contributed by atoms with Crippen LogP contribution in [0.5, 0.6) is 5.75 Å². The number of phenolic OH excluding ortho intramolecular Hbond substituents is 1. The summed E-state index contributed by atoms with van der Waals surface area (Å²) >= 11 is 0. The van der Waals surface area contributed by atoms with Crippen LogP contribution in [-0.4, -0.2) is 75.1 Å². The van der Waals surface area contributed by atoms with Gasteiger partial charge in [-0.3, -0.25) is 28.8 Å². The second kappa shape index (κ2) is 13.5. The van der Waals surface area contributed by atoms with E-state index < -0.39 is 72.6 Å². The van der Waals surface area contributed by atoms with Crippen LogP contribution in [0, 0.1) is 0 Å². The summed E-state index contributed by atoms with van der Waals surface area (Å²) in [6.07, 6.45) is -1.52. The van der Waals surface area contributed by atoms with Gasteiger partial charge in [-0.15, -0.1) is 0 Å². The van der Waals surface area contributed by atoms with Crippen LogP contribution in [-0.2, 0) is 35.2 Å². The summed E-state index contributed by atoms with van der Waals surface area (Å²) in [4.78, 5) is 71.0. The van der Waals surface area contributed by atoms with Gasteiger partial charge in [-0.2, -0.15) is 0 Å². The molecule has 0 aliphatic rings. The summed E-state index contributed by atoms with van der Waals surface area (Å²) in [7, 11) is 0. The van der Waals surface area contributed by atoms with Crippen molar-refractivity contribution in [1.82, 2.24) is 16.0 Å². The molecule has 0 saturated heterocycles. The van der Waals surface area contributed by atoms with Crippen LogP contribution >= 0.6 is 0 Å². The lowest BCUT2D eigenvalue weighted by Crippen LogP contribution is -2.57. The van der Waals surface area contributed by atoms with E-state index >= 15 is 0 Å². The number of nitrogens with two attached hydrogens (primary N) is 2. The van der Waals surface area contributed by atoms with Crippen molar-refractivity contribution in [3.8, 4) is 5.75 Å². The number of carboxylic acid groups (broad SMARTS) is 2. The van der Waals surface area contributed by atoms with Crippen LogP contribution in [0.1, 0.15) is 31.7 Å². The van der Waals surface area contributed by atoms with E-state index in [1.165, 1.54) is 31.2 Å². The molecule has 0 spiro atoms. The molecule has 0 radical (unpaired) electrons. The average molecular weight is 495 g/mol. The van der Waals surface area contributed by atoms with Gasteiger partial charge in [0.05, 0.1) is 12.5 Å². The van der Waals surface area contributed by atoms with Crippen molar-refractivity contribution < 1.29 is 44.1 Å². The number of benzene rings is 1. The Balaban J connectivity index is 3.10. The molecule has 192 valence electrons. The molecule has 0 heterocycles. The van der Waals surface area contributed by atoms with Crippen molar-refractivity contribution in [3.05, 3.63) is 29.8 Å². The summed E-state index contributed by atoms with van der Waals surface area (Å²) in [6.45, 7) is 1.22. The molecule has 0 bridgehead atoms. The maximum atomic E-state index is 12.9. The molecule has 14 heteroatoms. The van der Waals surface area contributed by atoms with Crippen molar-refractivity contribution in [2.45, 2.75) is 56.8 Å². The minimum atomic E-state index is -1.44. The van der Waals surface area contributed by atoms with Crippen LogP contribution in [0.25, 0.3) is 0 Å². The number of carboxylic acids is 2. The zero-order chi connectivity index (χ0) is 26.7. The third-order valence-corrected chi connectivity index (χ3v) is 4.78. The zero-order valence-corrected chi connectivity index (χ0v) is 18.9. The van der Waals surface area contributed by atoms with Crippen LogP contribution in [0.3, 0.4) is 0 Å². The van der Waals surface area contributed by atoms with Gasteiger partial charge in [0.25, 0.3) is 0 Å². The Bertz CT molecular complexity index is 951. The number of hydrogen-bond donors (Lipinski definition) is 8. The Morgan fingerprint density at radius 1 is 0.886 bits per heavy atom. The van der Waals surface area contributed by atoms with E-state index in [4.69, 9.17) is 21.7 Å². The second-order valence-electron chi connectivity index (χ2n) is 7.77. The highest BCUT2D eigenvalue weighted by Crippen LogP contribution is 2.12. The summed E-state index contributed by atoms with van der Waals surface area (Å²) in [5.41, 5.74) is 11.1. The molecule has 1 aromatic carbocycles. The summed E-state index contributed by atoms with van der Waals surface area (Å²) in [5, 5.41) is 34.3. The number of phenols is 1. The highest BCUT2D eigenvalue weighted by Gasteiger charge is 2.30. The first-order chi connectivity index (χ1) is 16.3. The van der Waals surface area contributed by atoms with Gasteiger partial charge in [0.15, 0.2) is 0 Å². The molecule has 10 N–H and O–H groups in total. The average Bonchev–Trinajstić information content (AvgIpc) is 2.76. The van der Waals surface area contributed by atoms with E-state index in [0.717, 1.165) is 0 Å². The smallest absolute Gasteiger partial charge is 0.325 e. The Labute approximate surface area is 200 Å². The summed E-state index contributed by atoms with van der Waals surface area (Å²) in [5.74, 6) is -6.20. The first-order valence-electron chi connectivity index (χ1n) is 10.5. The number of nitrogens with one attached hydrogen (secondary N) is 3. The number of carbonyl (C=O) groups excluding carboxylic acids is 4. The SMILES string of the molecule is CC(NC(=O)C(Cc1ccc(O)cc1)NC(=O)C(CCC(=O)O)NC(=O)C(N)CC(N)=O)C(=O)O. The number of aliphatic carboxylic acids is 2. The standard InChI is InChI=1S/C21H29N5O9/c1-10(21(34)35)24-20(33)15(8-11-2-4-12(27)5-3-11)26-19(32)14(6-7-17(29)30)25-18(31)13(22)9-16(23)28/h2-5,10,13-15,27H,6-9,22H2,1H3,(H2,23,28)(H,24,33)(H,25,31)(H,26,32)(H,29,30)(H,34,35). The maximum Gasteiger partial charge on any atom is 0.325 e. The first kappa shape index (κ1) is 28.8. The van der Waals surface area contributed by atoms with Crippen LogP contribution < -0.4 is 27.4 Å². The van der Waals surface area contributed by atoms with Gasteiger partial charge in [0.1, 0.15) is 23.9 Å². The summed E-state index contributed by atoms with van der Waals surface area (Å²) in [6, 6.07) is 0.228. The van der Waals surface area contributed by atoms with Gasteiger partial charge >= 0.3 is 11.9 Å². The lowest BCUT2D eigenvalue weighted by molar-refractivity contribution is -0.141. The van der Waals surface area contributed by atoms with Gasteiger partial charge < -0.3 is 42.7 Å². The molecule has 0 aliphatic heterocycles. The van der Waals surface area contributed by atoms with Gasteiger partial charge in [-0.1, -0.05) is 12.1 Å². The van der Waals surface area contributed by atoms with Crippen molar-refractivity contribution in [1.29, 1.82) is 0 Å². The molecule has 4 unspecified atom stereocenters. The highest BCUT2D eigenvalue weighted by molar-refractivity contribution is 5.95. The summed E-state index contributed by atoms with van der Waals surface area (Å²) < 4.78 is 0. The van der Waals surface area contributed by atoms with E-state index in [0.29, 0.717) is 5.56 Å². The quantitative estimate of drug-likeness (QED) is 0.135. The molecule has 14 nitrogen and oxygen atoms in total. The Kier molecular flexibility index (Phi) is 11.1. The Morgan fingerprint density at radius 2 is 1.43 bits per heavy atom. The molecule has 0 aliphatic carbocycles. The molecule has 1 aromatic rings. The van der Waals surface area contributed by atoms with E-state index in [9.17, 15) is 33.9 Å². The Hall–Kier alpha value is -4.20. The predicted octanol–water partition coefficient (Wildman–Crippen LogP) is -2.44. The maximum absolute atomic E-state index is 12.9. The van der Waals surface area contributed by atoms with Crippen molar-refractivity contribution in [2.75, 3.05) is 0 Å². The molecular formula is C21H29N5O9. The predicted molar refractivity (Wildman–Crippen MR) is 120 cm³/mol. The topological polar surface area (TPSA) is 251 Å². The molecule has 4 amide bonds. The molecule has 4 atom stereocenters. The third kappa shape index (κ3) is 10.5. The number of primary amides is 1. The van der Waals surface area contributed by atoms with Gasteiger partial charge in [-0.25, -0.2) is 0 Å². The number of carbonyl (C=O) groups is 6. The van der Waals surface area contributed by atoms with Crippen LogP contribution in [0.4, 0.5) is 0 Å². The number of aromatic hydroxyl groups is 1. The fourth-order valence-corrected chi connectivity index (χ4v) is 2.85. The van der Waals surface area contributed by atoms with E-state index in [1.54, 1.807) is 0 Å². The third-order valence-electron chi connectivity index (χ3n) is 4.78. The minimum absolute atomic E-state index is 0.0398. The normalized spacial score (nSPS) is 14.0. The lowest BCUT2D eigenvalue weighted by atomic mass is 10.0. The van der Waals surface area contributed by atoms with Crippen LogP contribution in [0.2, 0.25) is 0 Å². The molecule has 35 heavy (non-hydrogen) atoms. The van der Waals surface area contributed by atoms with E-state index in [1.807, 2.05) is 0 Å². The van der Waals surface area contributed by atoms with Crippen molar-refractivity contribution >= 4 is 35.6 Å². The van der Waals surface area contributed by atoms with E-state index in [2.05, 4.69) is 16.0 Å². The molecule has 0 aromatic heterocycles. The van der Waals surface area contributed by atoms with Crippen molar-refractivity contribution in [3.63, 3.8) is 0 Å². The minimum Gasteiger partial charge on any atom is -0.508 e. The van der Waals surface area contributed by atoms with E-state index in [-0.39, 0.29) is 18.6 Å². The second-order valence-corrected chi connectivity index (χ2v) is 7.77. The van der Waals surface area contributed by atoms with Gasteiger partial charge in [-0.05, 0) is 31.0 Å². The van der Waals surface area contributed by atoms with Crippen molar-refractivity contribution in [2.24, 2.45) is 11.5 Å². The zero-order valence-electron chi connectivity index (χ0n) is 18.9. The number of hydrogen-bond acceptors (Lipinski definition) is 8. The highest BCUT2D eigenvalue weighted by atomic mass is 16.4. The largest absolute Gasteiger partial charge is 0.508 e. The lowest BCUT2D eigenvalue weighted by Gasteiger charge is -2.24. The molecular weight excluding hydrogens is 466 g/mol. The fraction of sp³-hybridized carbons (Fsp3) is 0.429. The molecule has 0 saturated carbocycles. The number of rotatable bonds is 14. The Morgan fingerprint density at radius 3 is 1.94 bits per heavy atom. The first-order valence-corrected chi connectivity index (χ1v) is 10.5. The number of amides is 4. The monoisotopic (exact) mass is 495 g/mol. The molecule has 1 rings (SSSR count). The van der Waals surface area contributed by atoms with Gasteiger partial charge in [0.2, 0.25) is 23.6 Å². The van der Waals surface area contributed by atoms with Gasteiger partial charge in [0, 0.05) is 12.8 Å². The fourth-order valence-electron chi connectivity index (χ4n) is 2.85.